The summed E-state index contributed by atoms with van der Waals surface area (Å²) in [4.78, 5) is 26.3. The van der Waals surface area contributed by atoms with E-state index in [1.165, 1.54) is 18.2 Å². The van der Waals surface area contributed by atoms with Crippen molar-refractivity contribution in [3.05, 3.63) is 64.7 Å². The van der Waals surface area contributed by atoms with Crippen LogP contribution >= 0.6 is 0 Å². The number of hydrogen-bond donors (Lipinski definition) is 1. The van der Waals surface area contributed by atoms with E-state index in [1.54, 1.807) is 4.90 Å². The summed E-state index contributed by atoms with van der Waals surface area (Å²) in [7, 11) is 0. The first-order chi connectivity index (χ1) is 14.2. The number of rotatable bonds is 3. The SMILES string of the molecule is Cc1ccc(N2CC(C(=O)NCC#Cc3ccccc3C(F)(F)F)CC2=O)cc1C. The molecule has 2 aromatic carbocycles. The van der Waals surface area contributed by atoms with Crippen LogP contribution in [0.2, 0.25) is 0 Å². The molecule has 0 radical (unpaired) electrons. The first-order valence-electron chi connectivity index (χ1n) is 9.47. The van der Waals surface area contributed by atoms with Gasteiger partial charge in [0, 0.05) is 24.2 Å². The second-order valence-electron chi connectivity index (χ2n) is 7.24. The Balaban J connectivity index is 1.60. The van der Waals surface area contributed by atoms with Gasteiger partial charge >= 0.3 is 6.18 Å². The van der Waals surface area contributed by atoms with Crippen molar-refractivity contribution in [2.24, 2.45) is 5.92 Å². The summed E-state index contributed by atoms with van der Waals surface area (Å²) in [5.41, 5.74) is 1.97. The summed E-state index contributed by atoms with van der Waals surface area (Å²) in [5, 5.41) is 2.59. The van der Waals surface area contributed by atoms with Gasteiger partial charge in [-0.15, -0.1) is 0 Å². The molecular formula is C23H21F3N2O2. The van der Waals surface area contributed by atoms with Gasteiger partial charge in [0.1, 0.15) is 0 Å². The molecule has 7 heteroatoms. The van der Waals surface area contributed by atoms with Crippen LogP contribution in [0.25, 0.3) is 0 Å². The van der Waals surface area contributed by atoms with E-state index in [0.717, 1.165) is 22.9 Å². The zero-order valence-electron chi connectivity index (χ0n) is 16.6. The van der Waals surface area contributed by atoms with Crippen LogP contribution in [0.4, 0.5) is 18.9 Å². The Labute approximate surface area is 173 Å². The van der Waals surface area contributed by atoms with Gasteiger partial charge in [-0.05, 0) is 49.2 Å². The Morgan fingerprint density at radius 1 is 1.17 bits per heavy atom. The van der Waals surface area contributed by atoms with Crippen LogP contribution < -0.4 is 10.2 Å². The molecule has 0 saturated carbocycles. The number of carbonyl (C=O) groups excluding carboxylic acids is 2. The van der Waals surface area contributed by atoms with Gasteiger partial charge in [-0.1, -0.05) is 30.0 Å². The quantitative estimate of drug-likeness (QED) is 0.776. The Kier molecular flexibility index (Phi) is 6.16. The number of halogens is 3. The molecule has 3 rings (SSSR count). The van der Waals surface area contributed by atoms with E-state index in [1.807, 2.05) is 32.0 Å². The Hall–Kier alpha value is -3.27. The molecule has 156 valence electrons. The number of nitrogens with one attached hydrogen (secondary N) is 1. The third kappa shape index (κ3) is 4.82. The van der Waals surface area contributed by atoms with Crippen molar-refractivity contribution in [3.63, 3.8) is 0 Å². The molecular weight excluding hydrogens is 393 g/mol. The highest BCUT2D eigenvalue weighted by Crippen LogP contribution is 2.31. The standard InChI is InChI=1S/C23H21F3N2O2/c1-15-9-10-19(12-16(15)2)28-14-18(13-21(28)29)22(30)27-11-5-7-17-6-3-4-8-20(17)23(24,25)26/h3-4,6,8-10,12,18H,11,13-14H2,1-2H3,(H,27,30). The van der Waals surface area contributed by atoms with Crippen LogP contribution in [0.5, 0.6) is 0 Å². The van der Waals surface area contributed by atoms with E-state index in [0.29, 0.717) is 0 Å². The lowest BCUT2D eigenvalue weighted by atomic mass is 10.1. The fraction of sp³-hybridized carbons (Fsp3) is 0.304. The first-order valence-corrected chi connectivity index (χ1v) is 9.47. The van der Waals surface area contributed by atoms with Crippen LogP contribution in [-0.2, 0) is 15.8 Å². The van der Waals surface area contributed by atoms with Crippen LogP contribution in [0.15, 0.2) is 42.5 Å². The number of hydrogen-bond acceptors (Lipinski definition) is 2. The van der Waals surface area contributed by atoms with E-state index in [4.69, 9.17) is 0 Å². The molecule has 0 aromatic heterocycles. The van der Waals surface area contributed by atoms with Crippen molar-refractivity contribution in [3.8, 4) is 11.8 Å². The smallest absolute Gasteiger partial charge is 0.345 e. The minimum atomic E-state index is -4.49. The molecule has 4 nitrogen and oxygen atoms in total. The summed E-state index contributed by atoms with van der Waals surface area (Å²) in [6.07, 6.45) is -4.40. The Morgan fingerprint density at radius 2 is 1.90 bits per heavy atom. The maximum absolute atomic E-state index is 13.0. The maximum Gasteiger partial charge on any atom is 0.417 e. The van der Waals surface area contributed by atoms with Crippen molar-refractivity contribution in [1.29, 1.82) is 0 Å². The van der Waals surface area contributed by atoms with Crippen molar-refractivity contribution in [1.82, 2.24) is 5.32 Å². The van der Waals surface area contributed by atoms with Gasteiger partial charge in [0.2, 0.25) is 11.8 Å². The molecule has 1 aliphatic rings. The molecule has 30 heavy (non-hydrogen) atoms. The molecule has 1 aliphatic heterocycles. The maximum atomic E-state index is 13.0. The van der Waals surface area contributed by atoms with Crippen LogP contribution in [0.3, 0.4) is 0 Å². The number of nitrogens with zero attached hydrogens (tertiary/aromatic N) is 1. The monoisotopic (exact) mass is 414 g/mol. The largest absolute Gasteiger partial charge is 0.417 e. The third-order valence-corrected chi connectivity index (χ3v) is 5.10. The predicted molar refractivity (Wildman–Crippen MR) is 108 cm³/mol. The van der Waals surface area contributed by atoms with E-state index < -0.39 is 17.7 Å². The summed E-state index contributed by atoms with van der Waals surface area (Å²) in [5.74, 6) is 4.01. The van der Waals surface area contributed by atoms with Gasteiger partial charge in [0.15, 0.2) is 0 Å². The summed E-state index contributed by atoms with van der Waals surface area (Å²) in [6, 6.07) is 10.7. The number of amides is 2. The molecule has 2 amide bonds. The fourth-order valence-electron chi connectivity index (χ4n) is 3.28. The highest BCUT2D eigenvalue weighted by Gasteiger charge is 2.35. The number of aryl methyl sites for hydroxylation is 2. The summed E-state index contributed by atoms with van der Waals surface area (Å²) < 4.78 is 38.9. The van der Waals surface area contributed by atoms with Gasteiger partial charge in [0.05, 0.1) is 18.0 Å². The van der Waals surface area contributed by atoms with Crippen LogP contribution in [-0.4, -0.2) is 24.9 Å². The zero-order valence-corrected chi connectivity index (χ0v) is 16.6. The molecule has 1 heterocycles. The molecule has 1 unspecified atom stereocenters. The van der Waals surface area contributed by atoms with Crippen LogP contribution in [0, 0.1) is 31.6 Å². The minimum absolute atomic E-state index is 0.0864. The minimum Gasteiger partial charge on any atom is -0.345 e. The van der Waals surface area contributed by atoms with Crippen LogP contribution in [0.1, 0.15) is 28.7 Å². The average Bonchev–Trinajstić information content (AvgIpc) is 3.08. The van der Waals surface area contributed by atoms with E-state index >= 15 is 0 Å². The average molecular weight is 414 g/mol. The van der Waals surface area contributed by atoms with Gasteiger partial charge in [-0.2, -0.15) is 13.2 Å². The van der Waals surface area contributed by atoms with E-state index in [-0.39, 0.29) is 36.9 Å². The molecule has 1 fully saturated rings. The number of benzene rings is 2. The van der Waals surface area contributed by atoms with Gasteiger partial charge < -0.3 is 10.2 Å². The van der Waals surface area contributed by atoms with Crippen molar-refractivity contribution in [2.45, 2.75) is 26.4 Å². The molecule has 1 saturated heterocycles. The summed E-state index contributed by atoms with van der Waals surface area (Å²) >= 11 is 0. The van der Waals surface area contributed by atoms with E-state index in [2.05, 4.69) is 17.2 Å². The molecule has 0 aliphatic carbocycles. The Morgan fingerprint density at radius 3 is 2.60 bits per heavy atom. The highest BCUT2D eigenvalue weighted by atomic mass is 19.4. The number of carbonyl (C=O) groups is 2. The molecule has 0 bridgehead atoms. The summed E-state index contributed by atoms with van der Waals surface area (Å²) in [6.45, 7) is 4.10. The molecule has 0 spiro atoms. The van der Waals surface area contributed by atoms with Crippen molar-refractivity contribution >= 4 is 17.5 Å². The van der Waals surface area contributed by atoms with Gasteiger partial charge in [0.25, 0.3) is 0 Å². The number of anilines is 1. The molecule has 1 atom stereocenters. The first kappa shape index (κ1) is 21.4. The third-order valence-electron chi connectivity index (χ3n) is 5.10. The van der Waals surface area contributed by atoms with Crippen molar-refractivity contribution < 1.29 is 22.8 Å². The molecule has 1 N–H and O–H groups in total. The Bertz CT molecular complexity index is 1030. The zero-order chi connectivity index (χ0) is 21.9. The van der Waals surface area contributed by atoms with Gasteiger partial charge in [-0.25, -0.2) is 0 Å². The number of alkyl halides is 3. The topological polar surface area (TPSA) is 49.4 Å². The van der Waals surface area contributed by atoms with Gasteiger partial charge in [-0.3, -0.25) is 9.59 Å². The predicted octanol–water partition coefficient (Wildman–Crippen LogP) is 3.84. The molecule has 2 aromatic rings. The normalized spacial score (nSPS) is 16.2. The van der Waals surface area contributed by atoms with Crippen molar-refractivity contribution in [2.75, 3.05) is 18.0 Å². The second-order valence-corrected chi connectivity index (χ2v) is 7.24. The lowest BCUT2D eigenvalue weighted by Gasteiger charge is -2.18. The second kappa shape index (κ2) is 8.62. The lowest BCUT2D eigenvalue weighted by Crippen LogP contribution is -2.33. The fourth-order valence-corrected chi connectivity index (χ4v) is 3.28. The van der Waals surface area contributed by atoms with E-state index in [9.17, 15) is 22.8 Å². The highest BCUT2D eigenvalue weighted by molar-refractivity contribution is 6.00. The lowest BCUT2D eigenvalue weighted by molar-refractivity contribution is -0.137.